The molecule has 6 rings (SSSR count). The third kappa shape index (κ3) is 9.08. The first-order chi connectivity index (χ1) is 22.5. The number of rotatable bonds is 8. The first kappa shape index (κ1) is 33.9. The number of hydrogen-bond acceptors (Lipinski definition) is 10. The SMILES string of the molecule is COc1cc(OC2CN(C(=O)OC(C)(C)C)C2)ccc1-c1cccc(N)n1.COc1cc(OC2CNC2)ccc1-c1cccc([AsH2])n1. The van der Waals surface area contributed by atoms with Crippen molar-refractivity contribution in [1.29, 1.82) is 0 Å². The van der Waals surface area contributed by atoms with E-state index in [1.807, 2.05) is 87.5 Å². The van der Waals surface area contributed by atoms with E-state index in [4.69, 9.17) is 29.4 Å². The molecule has 0 radical (unpaired) electrons. The number of benzene rings is 2. The van der Waals surface area contributed by atoms with Gasteiger partial charge in [-0.3, -0.25) is 0 Å². The molecule has 1 unspecified atom stereocenters. The first-order valence-corrected chi connectivity index (χ1v) is 16.6. The van der Waals surface area contributed by atoms with Crippen LogP contribution in [0.3, 0.4) is 0 Å². The van der Waals surface area contributed by atoms with E-state index in [-0.39, 0.29) is 18.3 Å². The molecule has 0 bridgehead atoms. The van der Waals surface area contributed by atoms with Crippen LogP contribution in [0.25, 0.3) is 22.5 Å². The van der Waals surface area contributed by atoms with Crippen molar-refractivity contribution in [3.63, 3.8) is 0 Å². The monoisotopic (exact) mass is 703 g/mol. The summed E-state index contributed by atoms with van der Waals surface area (Å²) in [5, 5.41) is 3.19. The van der Waals surface area contributed by atoms with E-state index >= 15 is 0 Å². The van der Waals surface area contributed by atoms with Crippen LogP contribution in [0.1, 0.15) is 20.8 Å². The topological polar surface area (TPSA) is 130 Å². The van der Waals surface area contributed by atoms with Crippen molar-refractivity contribution in [2.24, 2.45) is 0 Å². The van der Waals surface area contributed by atoms with Gasteiger partial charge in [0.2, 0.25) is 0 Å². The number of methoxy groups -OCH3 is 2. The molecule has 2 fully saturated rings. The Balaban J connectivity index is 0.000000193. The molecule has 11 nitrogen and oxygen atoms in total. The van der Waals surface area contributed by atoms with Crippen molar-refractivity contribution in [2.75, 3.05) is 46.1 Å². The summed E-state index contributed by atoms with van der Waals surface area (Å²) >= 11 is 1.52. The van der Waals surface area contributed by atoms with Crippen molar-refractivity contribution < 1.29 is 28.5 Å². The van der Waals surface area contributed by atoms with Gasteiger partial charge in [-0.1, -0.05) is 6.07 Å². The van der Waals surface area contributed by atoms with Gasteiger partial charge in [0, 0.05) is 11.6 Å². The summed E-state index contributed by atoms with van der Waals surface area (Å²) in [6.07, 6.45) is -0.119. The summed E-state index contributed by atoms with van der Waals surface area (Å²) in [6.45, 7) is 8.35. The minimum atomic E-state index is -0.499. The van der Waals surface area contributed by atoms with Crippen LogP contribution in [0.2, 0.25) is 0 Å². The molecule has 4 heterocycles. The van der Waals surface area contributed by atoms with Crippen LogP contribution in [-0.2, 0) is 4.74 Å². The molecule has 0 spiro atoms. The fraction of sp³-hybridized carbons (Fsp3) is 0.343. The second kappa shape index (κ2) is 15.0. The van der Waals surface area contributed by atoms with Gasteiger partial charge in [0.1, 0.15) is 29.0 Å². The number of likely N-dealkylation sites (tertiary alicyclic amines) is 1. The molecule has 2 aromatic heterocycles. The van der Waals surface area contributed by atoms with Crippen molar-refractivity contribution >= 4 is 33.2 Å². The van der Waals surface area contributed by atoms with Gasteiger partial charge in [-0.05, 0) is 45.0 Å². The summed E-state index contributed by atoms with van der Waals surface area (Å²) in [4.78, 5) is 22.5. The number of carbonyl (C=O) groups excluding carboxylic acids is 1. The number of anilines is 1. The van der Waals surface area contributed by atoms with Gasteiger partial charge < -0.3 is 24.8 Å². The van der Waals surface area contributed by atoms with Crippen LogP contribution in [0.5, 0.6) is 23.0 Å². The molecular formula is C35H42AsN5O6. The average Bonchev–Trinajstić information content (AvgIpc) is 2.99. The maximum absolute atomic E-state index is 12.0. The summed E-state index contributed by atoms with van der Waals surface area (Å²) in [7, 11) is 3.27. The zero-order valence-electron chi connectivity index (χ0n) is 27.4. The molecular weight excluding hydrogens is 661 g/mol. The number of nitrogens with two attached hydrogens (primary N) is 1. The Hall–Kier alpha value is -4.47. The van der Waals surface area contributed by atoms with Crippen LogP contribution in [0, 0.1) is 0 Å². The normalized spacial score (nSPS) is 14.6. The molecule has 2 aromatic carbocycles. The predicted molar refractivity (Wildman–Crippen MR) is 185 cm³/mol. The summed E-state index contributed by atoms with van der Waals surface area (Å²) in [5.41, 5.74) is 8.76. The average molecular weight is 704 g/mol. The number of pyridine rings is 2. The van der Waals surface area contributed by atoms with Crippen LogP contribution in [-0.4, -0.2) is 96.0 Å². The van der Waals surface area contributed by atoms with E-state index in [1.54, 1.807) is 25.2 Å². The van der Waals surface area contributed by atoms with Crippen LogP contribution in [0.15, 0.2) is 72.8 Å². The van der Waals surface area contributed by atoms with Crippen LogP contribution < -0.4 is 34.5 Å². The molecule has 0 saturated carbocycles. The quantitative estimate of drug-likeness (QED) is 0.262. The Morgan fingerprint density at radius 2 is 1.38 bits per heavy atom. The fourth-order valence-electron chi connectivity index (χ4n) is 4.83. The number of hydrogen-bond donors (Lipinski definition) is 2. The Bertz CT molecular complexity index is 1690. The number of aromatic nitrogens is 2. The number of amides is 1. The number of nitrogens with zero attached hydrogens (tertiary/aromatic N) is 3. The zero-order chi connectivity index (χ0) is 33.6. The standard InChI is InChI=1S/C20H25N3O4.C15H17AsN2O2/c1-20(2,3)27-19(24)23-11-14(12-23)26-13-8-9-15(17(10-13)25-4)16-6-5-7-18(21)22-16;1-19-14-7-10(20-11-8-17-9-11)5-6-12(14)13-3-2-4-15(16)18-13/h5-10,14H,11-12H2,1-4H3,(H2,21,22);2-7,11,17H,8-9,16H2,1H3. The summed E-state index contributed by atoms with van der Waals surface area (Å²) in [6, 6.07) is 23.0. The fourth-order valence-corrected chi connectivity index (χ4v) is 5.36. The van der Waals surface area contributed by atoms with Crippen molar-refractivity contribution in [1.82, 2.24) is 20.2 Å². The van der Waals surface area contributed by atoms with Gasteiger partial charge in [-0.15, -0.1) is 0 Å². The van der Waals surface area contributed by atoms with E-state index in [1.165, 1.54) is 16.9 Å². The number of nitrogen functional groups attached to an aromatic ring is 1. The second-order valence-corrected chi connectivity index (χ2v) is 13.4. The van der Waals surface area contributed by atoms with E-state index < -0.39 is 5.60 Å². The molecule has 2 saturated heterocycles. The second-order valence-electron chi connectivity index (χ2n) is 12.1. The molecule has 47 heavy (non-hydrogen) atoms. The van der Waals surface area contributed by atoms with Crippen LogP contribution >= 0.6 is 0 Å². The van der Waals surface area contributed by atoms with E-state index in [2.05, 4.69) is 15.3 Å². The number of nitrogens with one attached hydrogen (secondary N) is 1. The third-order valence-corrected chi connectivity index (χ3v) is 7.96. The molecule has 12 heteroatoms. The van der Waals surface area contributed by atoms with Crippen molar-refractivity contribution in [3.8, 4) is 45.5 Å². The Labute approximate surface area is 284 Å². The van der Waals surface area contributed by atoms with E-state index in [9.17, 15) is 4.79 Å². The Morgan fingerprint density at radius 3 is 1.87 bits per heavy atom. The molecule has 2 aliphatic heterocycles. The predicted octanol–water partition coefficient (Wildman–Crippen LogP) is 3.70. The Kier molecular flexibility index (Phi) is 10.8. The third-order valence-electron chi connectivity index (χ3n) is 7.29. The van der Waals surface area contributed by atoms with Gasteiger partial charge >= 0.3 is 133 Å². The van der Waals surface area contributed by atoms with Gasteiger partial charge in [-0.2, -0.15) is 0 Å². The molecule has 3 N–H and O–H groups in total. The minimum absolute atomic E-state index is 0.0708. The molecule has 248 valence electrons. The molecule has 1 amide bonds. The zero-order valence-corrected chi connectivity index (χ0v) is 29.8. The Morgan fingerprint density at radius 1 is 0.830 bits per heavy atom. The van der Waals surface area contributed by atoms with Gasteiger partial charge in [-0.25, -0.2) is 9.78 Å². The van der Waals surface area contributed by atoms with Crippen molar-refractivity contribution in [3.05, 3.63) is 72.8 Å². The van der Waals surface area contributed by atoms with E-state index in [0.29, 0.717) is 30.4 Å². The van der Waals surface area contributed by atoms with Crippen LogP contribution in [0.4, 0.5) is 10.6 Å². The van der Waals surface area contributed by atoms with Gasteiger partial charge in [0.25, 0.3) is 0 Å². The summed E-state index contributed by atoms with van der Waals surface area (Å²) in [5.74, 6) is 3.41. The molecule has 0 aliphatic carbocycles. The van der Waals surface area contributed by atoms with Gasteiger partial charge in [0.05, 0.1) is 25.9 Å². The molecule has 1 atom stereocenters. The van der Waals surface area contributed by atoms with Gasteiger partial charge in [0.15, 0.2) is 0 Å². The first-order valence-electron chi connectivity index (χ1n) is 15.3. The molecule has 4 aromatic rings. The summed E-state index contributed by atoms with van der Waals surface area (Å²) < 4.78 is 29.2. The van der Waals surface area contributed by atoms with E-state index in [0.717, 1.165) is 51.6 Å². The number of ether oxygens (including phenoxy) is 5. The molecule has 2 aliphatic rings. The maximum atomic E-state index is 12.0. The number of carbonyl (C=O) groups is 1. The van der Waals surface area contributed by atoms with Crippen molar-refractivity contribution in [2.45, 2.75) is 38.6 Å².